The van der Waals surface area contributed by atoms with Crippen molar-refractivity contribution in [3.63, 3.8) is 0 Å². The molecular formula is C20H31IN6O2. The zero-order chi connectivity index (χ0) is 20.0. The third kappa shape index (κ3) is 10.2. The van der Waals surface area contributed by atoms with Gasteiger partial charge in [-0.05, 0) is 44.0 Å². The molecule has 0 bridgehead atoms. The number of guanidine groups is 1. The van der Waals surface area contributed by atoms with E-state index < -0.39 is 0 Å². The molecule has 0 aliphatic carbocycles. The molecular weight excluding hydrogens is 483 g/mol. The van der Waals surface area contributed by atoms with Crippen molar-refractivity contribution in [1.29, 1.82) is 0 Å². The van der Waals surface area contributed by atoms with Crippen molar-refractivity contribution in [2.75, 3.05) is 26.2 Å². The molecule has 3 N–H and O–H groups in total. The third-order valence-electron chi connectivity index (χ3n) is 3.82. The Balaban J connectivity index is 0.00000420. The number of ether oxygens (including phenoxy) is 1. The van der Waals surface area contributed by atoms with E-state index in [1.165, 1.54) is 0 Å². The van der Waals surface area contributed by atoms with Crippen molar-refractivity contribution in [2.24, 2.45) is 4.99 Å². The summed E-state index contributed by atoms with van der Waals surface area (Å²) in [7, 11) is 0. The summed E-state index contributed by atoms with van der Waals surface area (Å²) in [4.78, 5) is 16.1. The van der Waals surface area contributed by atoms with Crippen molar-refractivity contribution in [2.45, 2.75) is 33.4 Å². The Bertz CT molecular complexity index is 736. The molecule has 0 spiro atoms. The van der Waals surface area contributed by atoms with Crippen LogP contribution in [0.4, 0.5) is 0 Å². The van der Waals surface area contributed by atoms with Gasteiger partial charge in [-0.3, -0.25) is 9.48 Å². The van der Waals surface area contributed by atoms with Crippen molar-refractivity contribution < 1.29 is 9.53 Å². The highest BCUT2D eigenvalue weighted by Crippen LogP contribution is 2.14. The summed E-state index contributed by atoms with van der Waals surface area (Å²) < 4.78 is 7.44. The molecule has 9 heteroatoms. The van der Waals surface area contributed by atoms with Gasteiger partial charge in [-0.25, -0.2) is 4.99 Å². The van der Waals surface area contributed by atoms with Crippen LogP contribution in [0.25, 0.3) is 0 Å². The van der Waals surface area contributed by atoms with E-state index in [1.54, 1.807) is 6.20 Å². The van der Waals surface area contributed by atoms with Gasteiger partial charge in [0.2, 0.25) is 0 Å². The van der Waals surface area contributed by atoms with Gasteiger partial charge in [0.15, 0.2) is 12.6 Å². The molecule has 0 saturated carbocycles. The second-order valence-electron chi connectivity index (χ2n) is 6.13. The lowest BCUT2D eigenvalue weighted by Crippen LogP contribution is -2.38. The van der Waals surface area contributed by atoms with Gasteiger partial charge in [-0.1, -0.05) is 12.1 Å². The van der Waals surface area contributed by atoms with Crippen LogP contribution in [0.3, 0.4) is 0 Å². The maximum Gasteiger partial charge on any atom is 0.257 e. The second kappa shape index (κ2) is 14.7. The largest absolute Gasteiger partial charge is 0.484 e. The molecule has 1 aromatic heterocycles. The average Bonchev–Trinajstić information content (AvgIpc) is 3.22. The van der Waals surface area contributed by atoms with Gasteiger partial charge < -0.3 is 20.7 Å². The van der Waals surface area contributed by atoms with Gasteiger partial charge in [-0.15, -0.1) is 24.0 Å². The molecule has 0 atom stereocenters. The van der Waals surface area contributed by atoms with Crippen LogP contribution in [-0.2, 0) is 17.9 Å². The molecule has 0 fully saturated rings. The van der Waals surface area contributed by atoms with Crippen molar-refractivity contribution in [3.8, 4) is 5.75 Å². The predicted octanol–water partition coefficient (Wildman–Crippen LogP) is 2.16. The summed E-state index contributed by atoms with van der Waals surface area (Å²) in [5, 5.41) is 13.5. The molecule has 0 aliphatic heterocycles. The van der Waals surface area contributed by atoms with Crippen molar-refractivity contribution in [3.05, 3.63) is 48.3 Å². The van der Waals surface area contributed by atoms with Gasteiger partial charge in [0.05, 0.1) is 6.54 Å². The number of aryl methyl sites for hydroxylation is 1. The minimum absolute atomic E-state index is 0. The first-order valence-electron chi connectivity index (χ1n) is 9.69. The highest BCUT2D eigenvalue weighted by molar-refractivity contribution is 14.0. The molecule has 0 aliphatic rings. The number of nitrogens with zero attached hydrogens (tertiary/aromatic N) is 3. The Labute approximate surface area is 189 Å². The fourth-order valence-electron chi connectivity index (χ4n) is 2.52. The first kappa shape index (κ1) is 24.7. The molecule has 160 valence electrons. The van der Waals surface area contributed by atoms with E-state index in [1.807, 2.05) is 55.1 Å². The molecule has 29 heavy (non-hydrogen) atoms. The van der Waals surface area contributed by atoms with E-state index in [0.29, 0.717) is 18.8 Å². The normalized spacial score (nSPS) is 10.8. The van der Waals surface area contributed by atoms with Gasteiger partial charge in [0, 0.05) is 38.6 Å². The number of amides is 1. The number of carbonyl (C=O) groups is 1. The maximum absolute atomic E-state index is 11.5. The second-order valence-corrected chi connectivity index (χ2v) is 6.13. The minimum Gasteiger partial charge on any atom is -0.484 e. The zero-order valence-electron chi connectivity index (χ0n) is 17.1. The molecule has 8 nitrogen and oxygen atoms in total. The Morgan fingerprint density at radius 2 is 2.00 bits per heavy atom. The Kier molecular flexibility index (Phi) is 12.5. The molecule has 2 aromatic rings. The molecule has 1 amide bonds. The number of carbonyl (C=O) groups excluding carboxylic acids is 1. The maximum atomic E-state index is 11.5. The number of benzene rings is 1. The van der Waals surface area contributed by atoms with E-state index in [2.05, 4.69) is 26.0 Å². The number of hydrogen-bond donors (Lipinski definition) is 3. The van der Waals surface area contributed by atoms with Crippen LogP contribution in [0.5, 0.6) is 5.75 Å². The monoisotopic (exact) mass is 514 g/mol. The Morgan fingerprint density at radius 1 is 1.17 bits per heavy atom. The van der Waals surface area contributed by atoms with E-state index in [9.17, 15) is 4.79 Å². The minimum atomic E-state index is -0.125. The first-order chi connectivity index (χ1) is 13.7. The number of hydrogen-bond acceptors (Lipinski definition) is 4. The van der Waals surface area contributed by atoms with E-state index in [-0.39, 0.29) is 36.5 Å². The fourth-order valence-corrected chi connectivity index (χ4v) is 2.52. The first-order valence-corrected chi connectivity index (χ1v) is 9.69. The summed E-state index contributed by atoms with van der Waals surface area (Å²) in [5.74, 6) is 1.31. The van der Waals surface area contributed by atoms with E-state index in [4.69, 9.17) is 4.74 Å². The lowest BCUT2D eigenvalue weighted by Gasteiger charge is -2.12. The van der Waals surface area contributed by atoms with Crippen LogP contribution in [-0.4, -0.2) is 47.9 Å². The molecule has 0 unspecified atom stereocenters. The summed E-state index contributed by atoms with van der Waals surface area (Å²) >= 11 is 0. The smallest absolute Gasteiger partial charge is 0.257 e. The average molecular weight is 514 g/mol. The van der Waals surface area contributed by atoms with Crippen LogP contribution in [0.15, 0.2) is 47.7 Å². The van der Waals surface area contributed by atoms with Gasteiger partial charge in [0.25, 0.3) is 5.91 Å². The summed E-state index contributed by atoms with van der Waals surface area (Å²) in [6.07, 6.45) is 4.70. The Morgan fingerprint density at radius 3 is 2.72 bits per heavy atom. The number of halogens is 1. The third-order valence-corrected chi connectivity index (χ3v) is 3.82. The van der Waals surface area contributed by atoms with Crippen LogP contribution in [0, 0.1) is 0 Å². The lowest BCUT2D eigenvalue weighted by molar-refractivity contribution is -0.122. The van der Waals surface area contributed by atoms with Gasteiger partial charge in [-0.2, -0.15) is 5.10 Å². The highest BCUT2D eigenvalue weighted by atomic mass is 127. The number of nitrogens with one attached hydrogen (secondary N) is 3. The predicted molar refractivity (Wildman–Crippen MR) is 126 cm³/mol. The van der Waals surface area contributed by atoms with Gasteiger partial charge >= 0.3 is 0 Å². The number of rotatable bonds is 11. The molecule has 0 saturated heterocycles. The fraction of sp³-hybridized carbons (Fsp3) is 0.450. The van der Waals surface area contributed by atoms with Crippen LogP contribution in [0.2, 0.25) is 0 Å². The van der Waals surface area contributed by atoms with Gasteiger partial charge in [0.1, 0.15) is 5.75 Å². The topological polar surface area (TPSA) is 92.6 Å². The van der Waals surface area contributed by atoms with Crippen molar-refractivity contribution >= 4 is 35.8 Å². The SMILES string of the molecule is CCNC(=O)COc1cccc(CN=C(NCC)NCCCn2cccn2)c1.I. The van der Waals surface area contributed by atoms with Crippen molar-refractivity contribution in [1.82, 2.24) is 25.7 Å². The number of likely N-dealkylation sites (N-methyl/N-ethyl adjacent to an activating group) is 1. The standard InChI is InChI=1S/C20H30N6O2.HI/c1-3-21-19(27)16-28-18-9-5-8-17(14-18)15-24-20(22-4-2)23-10-6-12-26-13-7-11-25-26;/h5,7-9,11,13-14H,3-4,6,10,12,15-16H2,1-2H3,(H,21,27)(H2,22,23,24);1H. The lowest BCUT2D eigenvalue weighted by atomic mass is 10.2. The molecule has 0 radical (unpaired) electrons. The van der Waals surface area contributed by atoms with E-state index in [0.717, 1.165) is 37.6 Å². The number of aromatic nitrogens is 2. The summed E-state index contributed by atoms with van der Waals surface area (Å²) in [6, 6.07) is 9.56. The summed E-state index contributed by atoms with van der Waals surface area (Å²) in [5.41, 5.74) is 1.02. The van der Waals surface area contributed by atoms with Crippen LogP contribution < -0.4 is 20.7 Å². The van der Waals surface area contributed by atoms with E-state index >= 15 is 0 Å². The highest BCUT2D eigenvalue weighted by Gasteiger charge is 2.03. The quantitative estimate of drug-likeness (QED) is 0.185. The molecule has 1 heterocycles. The Hall–Kier alpha value is -2.30. The number of aliphatic imine (C=N–C) groups is 1. The summed E-state index contributed by atoms with van der Waals surface area (Å²) in [6.45, 7) is 7.51. The van der Waals surface area contributed by atoms with Crippen LogP contribution >= 0.6 is 24.0 Å². The zero-order valence-corrected chi connectivity index (χ0v) is 19.4. The van der Waals surface area contributed by atoms with Crippen LogP contribution in [0.1, 0.15) is 25.8 Å². The molecule has 1 aromatic carbocycles. The molecule has 2 rings (SSSR count).